The number of tetrazole rings is 1. The fourth-order valence-corrected chi connectivity index (χ4v) is 9.09. The Balaban J connectivity index is 0.000000160. The Kier molecular flexibility index (Phi) is 12.6. The van der Waals surface area contributed by atoms with Crippen LogP contribution >= 0.6 is 0 Å². The molecule has 0 unspecified atom stereocenters. The first-order chi connectivity index (χ1) is 33.6. The van der Waals surface area contributed by atoms with Crippen LogP contribution < -0.4 is 0 Å². The molecule has 0 amide bonds. The number of aromatic nitrogens is 8. The molecule has 0 saturated heterocycles. The second-order valence-corrected chi connectivity index (χ2v) is 16.5. The van der Waals surface area contributed by atoms with Crippen LogP contribution in [-0.4, -0.2) is 39.7 Å². The first kappa shape index (κ1) is 43.2. The van der Waals surface area contributed by atoms with Gasteiger partial charge in [-0.1, -0.05) is 218 Å². The Bertz CT molecular complexity index is 3410. The molecule has 11 rings (SSSR count). The number of aryl methyl sites for hydroxylation is 1. The number of hydrogen-bond acceptors (Lipinski definition) is 5. The molecule has 0 bridgehead atoms. The maximum absolute atomic E-state index is 5.28. The van der Waals surface area contributed by atoms with Crippen molar-refractivity contribution < 1.29 is 0 Å². The van der Waals surface area contributed by atoms with E-state index in [1.54, 1.807) is 0 Å². The van der Waals surface area contributed by atoms with E-state index in [2.05, 4.69) is 245 Å². The van der Waals surface area contributed by atoms with Crippen molar-refractivity contribution in [1.29, 1.82) is 0 Å². The van der Waals surface area contributed by atoms with Crippen molar-refractivity contribution in [2.75, 3.05) is 0 Å². The summed E-state index contributed by atoms with van der Waals surface area (Å²) >= 11 is 0. The van der Waals surface area contributed by atoms with Crippen molar-refractivity contribution in [2.45, 2.75) is 33.9 Å². The third kappa shape index (κ3) is 8.71. The van der Waals surface area contributed by atoms with Crippen LogP contribution in [0.2, 0.25) is 0 Å². The highest BCUT2D eigenvalue weighted by Gasteiger charge is 2.24. The van der Waals surface area contributed by atoms with Crippen LogP contribution in [0, 0.1) is 6.92 Å². The number of nitrogens with zero attached hydrogens (tertiary/aromatic N) is 7. The van der Waals surface area contributed by atoms with Gasteiger partial charge in [-0.2, -0.15) is 5.21 Å². The molecule has 0 aliphatic rings. The zero-order valence-corrected chi connectivity index (χ0v) is 38.3. The fraction of sp³-hybridized carbons (Fsp3) is 0.0833. The Hall–Kier alpha value is -8.75. The third-order valence-electron chi connectivity index (χ3n) is 12.2. The first-order valence-corrected chi connectivity index (χ1v) is 23.1. The first-order valence-electron chi connectivity index (χ1n) is 23.1. The van der Waals surface area contributed by atoms with Crippen LogP contribution in [0.25, 0.3) is 101 Å². The SMILES string of the molecule is CCn1c(-c2ccccc2-c2cccc(-c3nn[nH]n3)c2)nc(-c2ccccc2)c1-c1ccccc1.CCn1c(-c2ccccc2-c2cccc(C)c2)nc(-c2ccccc2)c1-c1ccccc1. The summed E-state index contributed by atoms with van der Waals surface area (Å²) in [5, 5.41) is 14.5. The van der Waals surface area contributed by atoms with Crippen LogP contribution in [0.3, 0.4) is 0 Å². The molecule has 68 heavy (non-hydrogen) atoms. The average Bonchev–Trinajstić information content (AvgIpc) is 4.19. The second-order valence-electron chi connectivity index (χ2n) is 16.5. The molecule has 8 heteroatoms. The van der Waals surface area contributed by atoms with Crippen LogP contribution in [0.15, 0.2) is 218 Å². The van der Waals surface area contributed by atoms with E-state index in [4.69, 9.17) is 9.97 Å². The van der Waals surface area contributed by atoms with E-state index in [1.807, 2.05) is 24.3 Å². The molecule has 3 aromatic heterocycles. The van der Waals surface area contributed by atoms with Crippen molar-refractivity contribution in [3.05, 3.63) is 224 Å². The van der Waals surface area contributed by atoms with Gasteiger partial charge in [0.1, 0.15) is 11.6 Å². The summed E-state index contributed by atoms with van der Waals surface area (Å²) in [5.41, 5.74) is 17.8. The molecule has 0 saturated carbocycles. The second kappa shape index (κ2) is 19.8. The normalized spacial score (nSPS) is 11.0. The van der Waals surface area contributed by atoms with Crippen molar-refractivity contribution in [3.8, 4) is 101 Å². The summed E-state index contributed by atoms with van der Waals surface area (Å²) in [6.45, 7) is 8.13. The number of hydrogen-bond donors (Lipinski definition) is 1. The van der Waals surface area contributed by atoms with Gasteiger partial charge in [-0.3, -0.25) is 0 Å². The predicted octanol–water partition coefficient (Wildman–Crippen LogP) is 14.6. The molecule has 3 heterocycles. The maximum atomic E-state index is 5.28. The summed E-state index contributed by atoms with van der Waals surface area (Å²) < 4.78 is 4.67. The zero-order valence-electron chi connectivity index (χ0n) is 38.3. The minimum atomic E-state index is 0.571. The molecule has 0 atom stereocenters. The van der Waals surface area contributed by atoms with Crippen molar-refractivity contribution in [2.24, 2.45) is 0 Å². The van der Waals surface area contributed by atoms with Gasteiger partial charge in [-0.15, -0.1) is 10.2 Å². The number of rotatable bonds is 11. The van der Waals surface area contributed by atoms with Crippen LogP contribution in [0.5, 0.6) is 0 Å². The minimum Gasteiger partial charge on any atom is -0.324 e. The Morgan fingerprint density at radius 2 is 0.765 bits per heavy atom. The molecular weight excluding hydrogens is 833 g/mol. The van der Waals surface area contributed by atoms with Gasteiger partial charge in [0.2, 0.25) is 5.82 Å². The van der Waals surface area contributed by atoms with Gasteiger partial charge in [0.15, 0.2) is 0 Å². The molecule has 8 aromatic carbocycles. The van der Waals surface area contributed by atoms with E-state index in [0.717, 1.165) is 92.0 Å². The van der Waals surface area contributed by atoms with E-state index in [9.17, 15) is 0 Å². The molecule has 1 N–H and O–H groups in total. The monoisotopic (exact) mass is 882 g/mol. The van der Waals surface area contributed by atoms with Gasteiger partial charge >= 0.3 is 0 Å². The van der Waals surface area contributed by atoms with Gasteiger partial charge in [-0.05, 0) is 54.3 Å². The molecule has 0 aliphatic heterocycles. The van der Waals surface area contributed by atoms with Gasteiger partial charge in [0.25, 0.3) is 0 Å². The Morgan fingerprint density at radius 1 is 0.382 bits per heavy atom. The molecule has 0 spiro atoms. The van der Waals surface area contributed by atoms with Crippen LogP contribution in [0.4, 0.5) is 0 Å². The van der Waals surface area contributed by atoms with E-state index in [0.29, 0.717) is 5.82 Å². The van der Waals surface area contributed by atoms with Gasteiger partial charge < -0.3 is 9.13 Å². The fourth-order valence-electron chi connectivity index (χ4n) is 9.09. The Morgan fingerprint density at radius 3 is 1.19 bits per heavy atom. The molecule has 11 aromatic rings. The van der Waals surface area contributed by atoms with Gasteiger partial charge in [0, 0.05) is 52.0 Å². The largest absolute Gasteiger partial charge is 0.324 e. The molecule has 0 radical (unpaired) electrons. The highest BCUT2D eigenvalue weighted by atomic mass is 15.5. The smallest absolute Gasteiger partial charge is 0.204 e. The van der Waals surface area contributed by atoms with Crippen LogP contribution in [0.1, 0.15) is 19.4 Å². The lowest BCUT2D eigenvalue weighted by Gasteiger charge is -2.14. The van der Waals surface area contributed by atoms with Gasteiger partial charge in [0.05, 0.1) is 22.8 Å². The van der Waals surface area contributed by atoms with Crippen molar-refractivity contribution >= 4 is 0 Å². The minimum absolute atomic E-state index is 0.571. The number of aromatic amines is 1. The average molecular weight is 883 g/mol. The molecule has 8 nitrogen and oxygen atoms in total. The third-order valence-corrected chi connectivity index (χ3v) is 12.2. The number of imidazole rings is 2. The quantitative estimate of drug-likeness (QED) is 0.140. The lowest BCUT2D eigenvalue weighted by atomic mass is 9.97. The zero-order chi connectivity index (χ0) is 46.2. The van der Waals surface area contributed by atoms with Gasteiger partial charge in [-0.25, -0.2) is 9.97 Å². The standard InChI is InChI=1S/C30H24N6.C30H26N2/c1-2-36-28(22-14-7-4-8-15-22)27(21-12-5-3-6-13-21)31-30(36)26-19-10-9-18-25(26)23-16-11-17-24(20-23)29-32-34-35-33-29;1-3-32-29(24-16-8-5-9-17-24)28(23-14-6-4-7-15-23)31-30(32)27-20-11-10-19-26(27)25-18-12-13-22(2)21-25/h3-20H,2H2,1H3,(H,32,33,34,35);4-21H,3H2,1-2H3. The molecular formula is C60H50N8. The number of benzene rings is 8. The molecule has 0 fully saturated rings. The van der Waals surface area contributed by atoms with E-state index in [-0.39, 0.29) is 0 Å². The number of nitrogens with one attached hydrogen (secondary N) is 1. The highest BCUT2D eigenvalue weighted by Crippen LogP contribution is 2.41. The predicted molar refractivity (Wildman–Crippen MR) is 277 cm³/mol. The lowest BCUT2D eigenvalue weighted by molar-refractivity contribution is 0.778. The van der Waals surface area contributed by atoms with Crippen molar-refractivity contribution in [3.63, 3.8) is 0 Å². The van der Waals surface area contributed by atoms with Crippen molar-refractivity contribution in [1.82, 2.24) is 39.7 Å². The topological polar surface area (TPSA) is 90.1 Å². The molecule has 330 valence electrons. The lowest BCUT2D eigenvalue weighted by Crippen LogP contribution is -2.01. The summed E-state index contributed by atoms with van der Waals surface area (Å²) in [5.74, 6) is 2.51. The maximum Gasteiger partial charge on any atom is 0.204 e. The summed E-state index contributed by atoms with van der Waals surface area (Å²) in [6, 6.07) is 75.9. The van der Waals surface area contributed by atoms with E-state index in [1.165, 1.54) is 22.3 Å². The summed E-state index contributed by atoms with van der Waals surface area (Å²) in [7, 11) is 0. The summed E-state index contributed by atoms with van der Waals surface area (Å²) in [6.07, 6.45) is 0. The van der Waals surface area contributed by atoms with E-state index < -0.39 is 0 Å². The number of H-pyrrole nitrogens is 1. The van der Waals surface area contributed by atoms with Crippen LogP contribution in [-0.2, 0) is 13.1 Å². The Labute approximate surface area is 397 Å². The summed E-state index contributed by atoms with van der Waals surface area (Å²) in [4.78, 5) is 10.5. The van der Waals surface area contributed by atoms with E-state index >= 15 is 0 Å². The highest BCUT2D eigenvalue weighted by molar-refractivity contribution is 5.89. The molecule has 0 aliphatic carbocycles.